The molecular formula is C15H20ClN3O. The lowest BCUT2D eigenvalue weighted by Gasteiger charge is -2.18. The number of nitrogens with two attached hydrogens (primary N) is 1. The average Bonchev–Trinajstić information content (AvgIpc) is 2.84. The van der Waals surface area contributed by atoms with Crippen molar-refractivity contribution in [1.82, 2.24) is 9.78 Å². The van der Waals surface area contributed by atoms with E-state index in [1.807, 2.05) is 29.8 Å². The van der Waals surface area contributed by atoms with Gasteiger partial charge in [0, 0.05) is 11.6 Å². The highest BCUT2D eigenvalue weighted by atomic mass is 35.5. The van der Waals surface area contributed by atoms with Gasteiger partial charge in [-0.3, -0.25) is 4.68 Å². The van der Waals surface area contributed by atoms with Crippen LogP contribution in [0.3, 0.4) is 0 Å². The largest absolute Gasteiger partial charge is 0.493 e. The number of halogens is 1. The molecule has 0 spiro atoms. The van der Waals surface area contributed by atoms with E-state index in [-0.39, 0.29) is 6.04 Å². The summed E-state index contributed by atoms with van der Waals surface area (Å²) in [6, 6.07) is 5.53. The first-order valence-electron chi connectivity index (χ1n) is 6.70. The molecule has 108 valence electrons. The van der Waals surface area contributed by atoms with Gasteiger partial charge >= 0.3 is 0 Å². The fourth-order valence-electron chi connectivity index (χ4n) is 2.30. The summed E-state index contributed by atoms with van der Waals surface area (Å²) in [5, 5.41) is 5.04. The molecule has 0 fully saturated rings. The Balaban J connectivity index is 2.49. The predicted molar refractivity (Wildman–Crippen MR) is 81.3 cm³/mol. The van der Waals surface area contributed by atoms with Crippen molar-refractivity contribution in [2.45, 2.75) is 32.9 Å². The van der Waals surface area contributed by atoms with E-state index in [4.69, 9.17) is 22.1 Å². The summed E-state index contributed by atoms with van der Waals surface area (Å²) in [6.07, 6.45) is 2.68. The van der Waals surface area contributed by atoms with Crippen LogP contribution in [0.15, 0.2) is 24.4 Å². The highest BCUT2D eigenvalue weighted by Crippen LogP contribution is 2.33. The molecule has 0 saturated carbocycles. The molecule has 2 rings (SSSR count). The number of aryl methyl sites for hydroxylation is 2. The second-order valence-electron chi connectivity index (χ2n) is 4.78. The lowest BCUT2D eigenvalue weighted by molar-refractivity contribution is 0.404. The molecule has 0 saturated heterocycles. The molecule has 1 atom stereocenters. The molecule has 2 N–H and O–H groups in total. The topological polar surface area (TPSA) is 53.1 Å². The van der Waals surface area contributed by atoms with Crippen molar-refractivity contribution in [2.24, 2.45) is 5.73 Å². The number of benzene rings is 1. The third kappa shape index (κ3) is 2.67. The Hall–Kier alpha value is -1.52. The van der Waals surface area contributed by atoms with Crippen molar-refractivity contribution in [3.63, 3.8) is 0 Å². The quantitative estimate of drug-likeness (QED) is 0.920. The van der Waals surface area contributed by atoms with E-state index in [1.165, 1.54) is 0 Å². The number of ether oxygens (including phenoxy) is 1. The van der Waals surface area contributed by atoms with Crippen LogP contribution in [0, 0.1) is 6.92 Å². The summed E-state index contributed by atoms with van der Waals surface area (Å²) >= 11 is 6.38. The van der Waals surface area contributed by atoms with Gasteiger partial charge in [0.15, 0.2) is 5.75 Å². The summed E-state index contributed by atoms with van der Waals surface area (Å²) in [5.41, 5.74) is 9.18. The van der Waals surface area contributed by atoms with E-state index in [2.05, 4.69) is 12.0 Å². The van der Waals surface area contributed by atoms with Gasteiger partial charge in [0.2, 0.25) is 0 Å². The molecule has 5 heteroatoms. The van der Waals surface area contributed by atoms with Crippen molar-refractivity contribution in [1.29, 1.82) is 0 Å². The lowest BCUT2D eigenvalue weighted by Crippen LogP contribution is -2.19. The normalized spacial score (nSPS) is 12.4. The fourth-order valence-corrected chi connectivity index (χ4v) is 2.54. The van der Waals surface area contributed by atoms with Crippen LogP contribution in [0.4, 0.5) is 0 Å². The van der Waals surface area contributed by atoms with Gasteiger partial charge in [-0.2, -0.15) is 5.10 Å². The fraction of sp³-hybridized carbons (Fsp3) is 0.400. The third-order valence-electron chi connectivity index (χ3n) is 3.35. The minimum Gasteiger partial charge on any atom is -0.493 e. The monoisotopic (exact) mass is 293 g/mol. The number of hydrogen-bond acceptors (Lipinski definition) is 3. The minimum atomic E-state index is -0.355. The third-order valence-corrected chi connectivity index (χ3v) is 3.87. The molecule has 0 amide bonds. The zero-order valence-electron chi connectivity index (χ0n) is 12.1. The van der Waals surface area contributed by atoms with Crippen LogP contribution in [0.1, 0.15) is 36.2 Å². The van der Waals surface area contributed by atoms with Gasteiger partial charge < -0.3 is 10.5 Å². The van der Waals surface area contributed by atoms with Gasteiger partial charge in [-0.25, -0.2) is 0 Å². The summed E-state index contributed by atoms with van der Waals surface area (Å²) in [5.74, 6) is 0.698. The van der Waals surface area contributed by atoms with Crippen LogP contribution in [0.5, 0.6) is 5.75 Å². The van der Waals surface area contributed by atoms with E-state index in [1.54, 1.807) is 13.3 Å². The molecule has 1 heterocycles. The summed E-state index contributed by atoms with van der Waals surface area (Å²) in [7, 11) is 1.63. The van der Waals surface area contributed by atoms with Crippen molar-refractivity contribution in [2.75, 3.05) is 7.11 Å². The summed E-state index contributed by atoms with van der Waals surface area (Å²) < 4.78 is 7.27. The van der Waals surface area contributed by atoms with Gasteiger partial charge in [-0.1, -0.05) is 36.7 Å². The molecule has 20 heavy (non-hydrogen) atoms. The van der Waals surface area contributed by atoms with Crippen LogP contribution < -0.4 is 10.5 Å². The van der Waals surface area contributed by atoms with Gasteiger partial charge in [-0.15, -0.1) is 0 Å². The maximum Gasteiger partial charge on any atom is 0.161 e. The Morgan fingerprint density at radius 1 is 1.45 bits per heavy atom. The standard InChI is InChI=1S/C15H20ClN3O/c1-4-8-19-15(12(20-3)9-18-19)14(17)11-7-5-6-10(2)13(11)16/h5-7,9,14H,4,8,17H2,1-3H3. The first kappa shape index (κ1) is 14.9. The maximum atomic E-state index is 6.41. The molecule has 4 nitrogen and oxygen atoms in total. The molecule has 0 aliphatic carbocycles. The molecular weight excluding hydrogens is 274 g/mol. The van der Waals surface area contributed by atoms with Gasteiger partial charge in [0.1, 0.15) is 5.69 Å². The first-order chi connectivity index (χ1) is 9.60. The SMILES string of the molecule is CCCn1ncc(OC)c1C(N)c1cccc(C)c1Cl. The number of nitrogens with zero attached hydrogens (tertiary/aromatic N) is 2. The van der Waals surface area contributed by atoms with Gasteiger partial charge in [0.05, 0.1) is 19.3 Å². The highest BCUT2D eigenvalue weighted by Gasteiger charge is 2.22. The number of methoxy groups -OCH3 is 1. The van der Waals surface area contributed by atoms with Crippen molar-refractivity contribution < 1.29 is 4.74 Å². The smallest absolute Gasteiger partial charge is 0.161 e. The molecule has 0 aliphatic heterocycles. The second-order valence-corrected chi connectivity index (χ2v) is 5.16. The van der Waals surface area contributed by atoms with Crippen LogP contribution in [0.25, 0.3) is 0 Å². The van der Waals surface area contributed by atoms with E-state index in [0.29, 0.717) is 10.8 Å². The predicted octanol–water partition coefficient (Wildman–Crippen LogP) is 3.31. The number of rotatable bonds is 5. The average molecular weight is 294 g/mol. The summed E-state index contributed by atoms with van der Waals surface area (Å²) in [6.45, 7) is 4.87. The Morgan fingerprint density at radius 3 is 2.85 bits per heavy atom. The second kappa shape index (κ2) is 6.29. The zero-order chi connectivity index (χ0) is 14.7. The van der Waals surface area contributed by atoms with Gasteiger partial charge in [-0.05, 0) is 24.5 Å². The molecule has 0 bridgehead atoms. The van der Waals surface area contributed by atoms with E-state index in [0.717, 1.165) is 29.8 Å². The van der Waals surface area contributed by atoms with Crippen molar-refractivity contribution in [3.05, 3.63) is 46.2 Å². The Morgan fingerprint density at radius 2 is 2.20 bits per heavy atom. The number of hydrogen-bond donors (Lipinski definition) is 1. The Labute approximate surface area is 124 Å². The number of aromatic nitrogens is 2. The van der Waals surface area contributed by atoms with Crippen molar-refractivity contribution >= 4 is 11.6 Å². The molecule has 0 radical (unpaired) electrons. The summed E-state index contributed by atoms with van der Waals surface area (Å²) in [4.78, 5) is 0. The molecule has 2 aromatic rings. The van der Waals surface area contributed by atoms with Crippen LogP contribution in [0.2, 0.25) is 5.02 Å². The highest BCUT2D eigenvalue weighted by molar-refractivity contribution is 6.32. The molecule has 1 unspecified atom stereocenters. The Bertz CT molecular complexity index is 595. The van der Waals surface area contributed by atoms with Crippen LogP contribution in [-0.4, -0.2) is 16.9 Å². The molecule has 1 aromatic heterocycles. The van der Waals surface area contributed by atoms with E-state index >= 15 is 0 Å². The van der Waals surface area contributed by atoms with E-state index < -0.39 is 0 Å². The minimum absolute atomic E-state index is 0.355. The van der Waals surface area contributed by atoms with E-state index in [9.17, 15) is 0 Å². The van der Waals surface area contributed by atoms with Crippen LogP contribution >= 0.6 is 11.6 Å². The molecule has 1 aromatic carbocycles. The first-order valence-corrected chi connectivity index (χ1v) is 7.08. The lowest BCUT2D eigenvalue weighted by atomic mass is 10.0. The maximum absolute atomic E-state index is 6.41. The molecule has 0 aliphatic rings. The van der Waals surface area contributed by atoms with Crippen LogP contribution in [-0.2, 0) is 6.54 Å². The van der Waals surface area contributed by atoms with Gasteiger partial charge in [0.25, 0.3) is 0 Å². The van der Waals surface area contributed by atoms with Crippen molar-refractivity contribution in [3.8, 4) is 5.75 Å². The zero-order valence-corrected chi connectivity index (χ0v) is 12.8. The Kier molecular flexibility index (Phi) is 4.68.